The molecule has 5 unspecified atom stereocenters. The second kappa shape index (κ2) is 16.4. The molecule has 0 saturated carbocycles. The van der Waals surface area contributed by atoms with Gasteiger partial charge in [-0.15, -0.1) is 0 Å². The summed E-state index contributed by atoms with van der Waals surface area (Å²) in [6.45, 7) is 18.3. The molecular weight excluding hydrogens is 620 g/mol. The van der Waals surface area contributed by atoms with Gasteiger partial charge in [0.1, 0.15) is 18.1 Å². The number of alkyl carbamates (subject to hydrolysis) is 1. The summed E-state index contributed by atoms with van der Waals surface area (Å²) in [6.07, 6.45) is -3.07. The van der Waals surface area contributed by atoms with Gasteiger partial charge in [0.15, 0.2) is 17.7 Å². The minimum absolute atomic E-state index is 0.0247. The predicted octanol–water partition coefficient (Wildman–Crippen LogP) is 2.57. The van der Waals surface area contributed by atoms with Gasteiger partial charge in [-0.2, -0.15) is 0 Å². The summed E-state index contributed by atoms with van der Waals surface area (Å²) in [6, 6.07) is -0.681. The van der Waals surface area contributed by atoms with E-state index in [-0.39, 0.29) is 29.9 Å². The van der Waals surface area contributed by atoms with Crippen molar-refractivity contribution in [2.24, 2.45) is 17.8 Å². The van der Waals surface area contributed by atoms with E-state index in [1.54, 1.807) is 21.0 Å². The number of cyclic esters (lactones) is 1. The molecule has 3 saturated heterocycles. The van der Waals surface area contributed by atoms with Crippen molar-refractivity contribution < 1.29 is 43.2 Å². The zero-order valence-electron chi connectivity index (χ0n) is 31.6. The third kappa shape index (κ3) is 8.88. The molecule has 0 aromatic heterocycles. The number of Topliss-reactive ketones (excluding diaryl/α,β-unsaturated/α-hetero) is 1. The van der Waals surface area contributed by atoms with Crippen LogP contribution in [0.4, 0.5) is 4.79 Å². The molecule has 3 heterocycles. The van der Waals surface area contributed by atoms with Gasteiger partial charge < -0.3 is 49.2 Å². The van der Waals surface area contributed by atoms with Crippen LogP contribution in [-0.2, 0) is 33.3 Å². The Morgan fingerprint density at radius 2 is 1.73 bits per heavy atom. The number of fused-ring (bicyclic) bond motifs is 1. The van der Waals surface area contributed by atoms with Gasteiger partial charge in [-0.05, 0) is 94.4 Å². The fraction of sp³-hybridized carbons (Fsp3) is 0.914. The summed E-state index contributed by atoms with van der Waals surface area (Å²) >= 11 is 0. The van der Waals surface area contributed by atoms with Gasteiger partial charge in [-0.25, -0.2) is 4.79 Å². The lowest BCUT2D eigenvalue weighted by atomic mass is 9.78. The summed E-state index contributed by atoms with van der Waals surface area (Å²) in [5.41, 5.74) is -2.18. The molecule has 13 atom stereocenters. The molecule has 0 bridgehead atoms. The first kappa shape index (κ1) is 40.6. The number of methoxy groups -OCH3 is 1. The van der Waals surface area contributed by atoms with Crippen LogP contribution in [0.1, 0.15) is 81.6 Å². The number of esters is 1. The molecule has 0 radical (unpaired) electrons. The van der Waals surface area contributed by atoms with Crippen LogP contribution in [0.5, 0.6) is 0 Å². The number of nitrogens with one attached hydrogen (secondary N) is 2. The van der Waals surface area contributed by atoms with E-state index in [1.807, 2.05) is 46.8 Å². The molecule has 13 heteroatoms. The van der Waals surface area contributed by atoms with Crippen LogP contribution in [0.15, 0.2) is 0 Å². The van der Waals surface area contributed by atoms with E-state index in [1.165, 1.54) is 6.92 Å². The molecule has 3 aliphatic rings. The maximum atomic E-state index is 14.2. The van der Waals surface area contributed by atoms with E-state index in [4.69, 9.17) is 23.7 Å². The molecule has 0 aromatic rings. The smallest absolute Gasteiger partial charge is 0.408 e. The summed E-state index contributed by atoms with van der Waals surface area (Å²) in [5.74, 6) is -3.06. The fourth-order valence-corrected chi connectivity index (χ4v) is 7.67. The second-order valence-corrected chi connectivity index (χ2v) is 15.4. The molecule has 3 fully saturated rings. The standard InChI is InChI=1S/C35H64N4O9/c1-14-26-35(9)29(37-33(43)48-35)23(7)36-17-20(4)16-34(8,44-13)30(21(5)27(40)22(6)31(42)46-26)47-32-28(41)25(38(10)11)15-24(45-32)18-39(12)19(2)3/h19-26,28-30,32,36,41H,14-18H2,1-13H3,(H,37,43)/t20-,21+,22?,23-,24?,25?,26-,28?,29-,30-,32?,34-,35-/m1/s1. The number of carbonyl (C=O) groups excluding carboxylic acids is 3. The van der Waals surface area contributed by atoms with Crippen molar-refractivity contribution in [1.82, 2.24) is 20.4 Å². The number of ketones is 1. The first-order valence-electron chi connectivity index (χ1n) is 17.7. The number of hydrogen-bond donors (Lipinski definition) is 3. The van der Waals surface area contributed by atoms with Gasteiger partial charge in [0.2, 0.25) is 0 Å². The summed E-state index contributed by atoms with van der Waals surface area (Å²) in [4.78, 5) is 44.5. The summed E-state index contributed by atoms with van der Waals surface area (Å²) in [5, 5.41) is 18.0. The molecular formula is C35H64N4O9. The van der Waals surface area contributed by atoms with Crippen LogP contribution in [0.25, 0.3) is 0 Å². The van der Waals surface area contributed by atoms with Crippen LogP contribution in [0.2, 0.25) is 0 Å². The molecule has 278 valence electrons. The number of aliphatic hydroxyl groups is 1. The van der Waals surface area contributed by atoms with Gasteiger partial charge >= 0.3 is 12.1 Å². The maximum absolute atomic E-state index is 14.2. The molecule has 48 heavy (non-hydrogen) atoms. The van der Waals surface area contributed by atoms with Crippen LogP contribution < -0.4 is 10.6 Å². The topological polar surface area (TPSA) is 148 Å². The van der Waals surface area contributed by atoms with E-state index < -0.39 is 65.7 Å². The van der Waals surface area contributed by atoms with Gasteiger partial charge in [-0.3, -0.25) is 9.59 Å². The van der Waals surface area contributed by atoms with Crippen LogP contribution in [0, 0.1) is 17.8 Å². The van der Waals surface area contributed by atoms with Crippen molar-refractivity contribution >= 4 is 17.8 Å². The van der Waals surface area contributed by atoms with Crippen molar-refractivity contribution in [2.45, 2.75) is 148 Å². The monoisotopic (exact) mass is 684 g/mol. The first-order valence-corrected chi connectivity index (χ1v) is 17.7. The average Bonchev–Trinajstić information content (AvgIpc) is 3.34. The maximum Gasteiger partial charge on any atom is 0.408 e. The van der Waals surface area contributed by atoms with E-state index in [2.05, 4.69) is 36.3 Å². The highest BCUT2D eigenvalue weighted by molar-refractivity contribution is 6.00. The Morgan fingerprint density at radius 3 is 2.29 bits per heavy atom. The molecule has 13 nitrogen and oxygen atoms in total. The molecule has 0 spiro atoms. The van der Waals surface area contributed by atoms with Crippen molar-refractivity contribution in [3.8, 4) is 0 Å². The lowest BCUT2D eigenvalue weighted by Crippen LogP contribution is -2.60. The Morgan fingerprint density at radius 1 is 1.08 bits per heavy atom. The zero-order chi connectivity index (χ0) is 36.3. The highest BCUT2D eigenvalue weighted by atomic mass is 16.7. The SMILES string of the molecule is CC[C@H]1OC(=O)C(C)C(=O)[C@H](C)[C@@H](OC2OC(CN(C)C(C)C)CC(N(C)C)C2O)[C@](C)(OC)C[C@@H](C)CN[C@H](C)[C@H]2NC(=O)O[C@@]21C. The molecule has 0 aliphatic carbocycles. The lowest BCUT2D eigenvalue weighted by Gasteiger charge is -2.47. The van der Waals surface area contributed by atoms with E-state index in [0.717, 1.165) is 0 Å². The average molecular weight is 685 g/mol. The van der Waals surface area contributed by atoms with Gasteiger partial charge in [-0.1, -0.05) is 20.8 Å². The highest BCUT2D eigenvalue weighted by Gasteiger charge is 2.55. The highest BCUT2D eigenvalue weighted by Crippen LogP contribution is 2.37. The minimum atomic E-state index is -1.16. The van der Waals surface area contributed by atoms with Crippen LogP contribution in [0.3, 0.4) is 0 Å². The third-order valence-corrected chi connectivity index (χ3v) is 11.1. The Labute approximate surface area is 288 Å². The Balaban J connectivity index is 2.03. The van der Waals surface area contributed by atoms with E-state index in [9.17, 15) is 19.5 Å². The zero-order valence-corrected chi connectivity index (χ0v) is 31.6. The van der Waals surface area contributed by atoms with E-state index >= 15 is 0 Å². The summed E-state index contributed by atoms with van der Waals surface area (Å²) < 4.78 is 31.2. The predicted molar refractivity (Wildman–Crippen MR) is 181 cm³/mol. The summed E-state index contributed by atoms with van der Waals surface area (Å²) in [7, 11) is 7.47. The third-order valence-electron chi connectivity index (χ3n) is 11.1. The number of aliphatic hydroxyl groups excluding tert-OH is 1. The Bertz CT molecular complexity index is 1110. The molecule has 0 aromatic carbocycles. The first-order chi connectivity index (χ1) is 22.3. The number of likely N-dealkylation sites (N-methyl/N-ethyl adjacent to an activating group) is 2. The number of rotatable bonds is 8. The van der Waals surface area contributed by atoms with Crippen molar-refractivity contribution in [2.75, 3.05) is 41.3 Å². The molecule has 3 N–H and O–H groups in total. The van der Waals surface area contributed by atoms with Gasteiger partial charge in [0.25, 0.3) is 0 Å². The Kier molecular flexibility index (Phi) is 13.9. The van der Waals surface area contributed by atoms with Crippen molar-refractivity contribution in [1.29, 1.82) is 0 Å². The normalized spacial score (nSPS) is 42.2. The molecule has 1 amide bonds. The molecule has 3 aliphatic heterocycles. The Hall–Kier alpha value is -1.87. The number of hydrogen-bond acceptors (Lipinski definition) is 12. The minimum Gasteiger partial charge on any atom is -0.458 e. The second-order valence-electron chi connectivity index (χ2n) is 15.4. The van der Waals surface area contributed by atoms with E-state index in [0.29, 0.717) is 38.4 Å². The number of nitrogens with zero attached hydrogens (tertiary/aromatic N) is 2. The fourth-order valence-electron chi connectivity index (χ4n) is 7.67. The number of amides is 1. The van der Waals surface area contributed by atoms with Crippen molar-refractivity contribution in [3.05, 3.63) is 0 Å². The van der Waals surface area contributed by atoms with Crippen molar-refractivity contribution in [3.63, 3.8) is 0 Å². The van der Waals surface area contributed by atoms with Gasteiger partial charge in [0.05, 0.1) is 23.9 Å². The lowest BCUT2D eigenvalue weighted by molar-refractivity contribution is -0.299. The quantitative estimate of drug-likeness (QED) is 0.255. The van der Waals surface area contributed by atoms with Gasteiger partial charge in [0, 0.05) is 37.7 Å². The van der Waals surface area contributed by atoms with Crippen LogP contribution >= 0.6 is 0 Å². The largest absolute Gasteiger partial charge is 0.458 e. The van der Waals surface area contributed by atoms with Crippen LogP contribution in [-0.4, -0.2) is 140 Å². The number of ether oxygens (including phenoxy) is 5. The number of carbonyl (C=O) groups is 3. The molecule has 3 rings (SSSR count).